The fraction of sp³-hybridized carbons (Fsp3) is 0.0465. The molecule has 0 unspecified atom stereocenters. The largest absolute Gasteiger partial charge is 0.505 e. The zero-order valence-corrected chi connectivity index (χ0v) is 43.5. The SMILES string of the molecule is COc1ccc(S(=O)(=O)O)cc1N=Nc1c(S(=O)(=O)O)cc2c(S(=O)(=O)O)c(N=c3[nH]c(Nc4ccc5c(OS(=O)(=O)c6ccc(C)cc6)cc(S(=O)(=O)O)cc5c4)nc(=Nc4cccc(S(=O)(=O)O)c4)[nH]3)ccc2c1O. The summed E-state index contributed by atoms with van der Waals surface area (Å²) in [6.07, 6.45) is 0. The van der Waals surface area contributed by atoms with Crippen LogP contribution in [-0.4, -0.2) is 100 Å². The lowest BCUT2D eigenvalue weighted by molar-refractivity contribution is 0.415. The lowest BCUT2D eigenvalue weighted by Gasteiger charge is -2.13. The van der Waals surface area contributed by atoms with E-state index in [1.54, 1.807) is 6.92 Å². The van der Waals surface area contributed by atoms with Crippen molar-refractivity contribution in [3.8, 4) is 17.2 Å². The second kappa shape index (κ2) is 20.2. The molecule has 28 nitrogen and oxygen atoms in total. The lowest BCUT2D eigenvalue weighted by Crippen LogP contribution is -2.28. The standard InChI is InChI=1S/C43H34N8O20S6/c1-22-6-9-26(10-7-22)77(68,69)71-36-20-29(74(59,60)61)17-23-16-25(8-12-30(23)36)45-42-47-41(44-24-4-3-5-27(18-24)72(53,54)55)48-43(49-42)46-33-14-13-31-32(40(33)76(65,66)67)21-37(75(62,63)64)38(39(31)52)51-50-34-19-28(73(56,57)58)11-15-35(34)70-2/h3-21,52H,1-2H3,(H,53,54,55)(H,56,57,58)(H,59,60,61)(H,62,63,64)(H,65,66,67)(H3,44,45,46,47,48,49). The number of aromatic nitrogens is 3. The van der Waals surface area contributed by atoms with Crippen LogP contribution < -0.4 is 25.5 Å². The van der Waals surface area contributed by atoms with Gasteiger partial charge in [0, 0.05) is 27.9 Å². The molecule has 7 aromatic carbocycles. The number of rotatable bonds is 15. The molecule has 0 saturated heterocycles. The number of aryl methyl sites for hydroxylation is 1. The van der Waals surface area contributed by atoms with Gasteiger partial charge in [0.1, 0.15) is 31.8 Å². The van der Waals surface area contributed by atoms with Gasteiger partial charge in [-0.25, -0.2) is 9.98 Å². The van der Waals surface area contributed by atoms with Crippen molar-refractivity contribution in [3.05, 3.63) is 132 Å². The van der Waals surface area contributed by atoms with E-state index < -0.39 is 136 Å². The van der Waals surface area contributed by atoms with E-state index in [-0.39, 0.29) is 38.7 Å². The van der Waals surface area contributed by atoms with E-state index in [1.807, 2.05) is 0 Å². The molecular weight excluding hydrogens is 1140 g/mol. The van der Waals surface area contributed by atoms with Crippen LogP contribution in [0.5, 0.6) is 17.2 Å². The van der Waals surface area contributed by atoms with Gasteiger partial charge in [0.25, 0.3) is 50.6 Å². The summed E-state index contributed by atoms with van der Waals surface area (Å²) in [6, 6.07) is 20.7. The van der Waals surface area contributed by atoms with Gasteiger partial charge in [0.2, 0.25) is 17.2 Å². The minimum atomic E-state index is -5.56. The van der Waals surface area contributed by atoms with E-state index >= 15 is 0 Å². The second-order valence-corrected chi connectivity index (χ2v) is 24.5. The van der Waals surface area contributed by atoms with Crippen molar-refractivity contribution in [2.24, 2.45) is 20.2 Å². The molecule has 8 aromatic rings. The first kappa shape index (κ1) is 55.2. The summed E-state index contributed by atoms with van der Waals surface area (Å²) in [6.45, 7) is 1.71. The summed E-state index contributed by atoms with van der Waals surface area (Å²) in [5, 5.41) is 20.3. The highest BCUT2D eigenvalue weighted by Crippen LogP contribution is 2.46. The van der Waals surface area contributed by atoms with Gasteiger partial charge in [0.15, 0.2) is 11.5 Å². The Kier molecular flexibility index (Phi) is 14.5. The highest BCUT2D eigenvalue weighted by molar-refractivity contribution is 7.87. The Morgan fingerprint density at radius 2 is 1.21 bits per heavy atom. The van der Waals surface area contributed by atoms with Crippen LogP contribution in [0.3, 0.4) is 0 Å². The van der Waals surface area contributed by atoms with Gasteiger partial charge < -0.3 is 19.3 Å². The molecular formula is C43H34N8O20S6. The molecule has 0 spiro atoms. The van der Waals surface area contributed by atoms with E-state index in [4.69, 9.17) is 8.92 Å². The van der Waals surface area contributed by atoms with Gasteiger partial charge in [0.05, 0.1) is 33.2 Å². The molecule has 0 aliphatic heterocycles. The highest BCUT2D eigenvalue weighted by atomic mass is 32.2. The van der Waals surface area contributed by atoms with Gasteiger partial charge in [-0.05, 0) is 103 Å². The third-order valence-electron chi connectivity index (χ3n) is 10.6. The van der Waals surface area contributed by atoms with Crippen molar-refractivity contribution in [3.63, 3.8) is 0 Å². The van der Waals surface area contributed by atoms with Crippen molar-refractivity contribution in [2.45, 2.75) is 36.3 Å². The van der Waals surface area contributed by atoms with Crippen LogP contribution in [0.25, 0.3) is 21.5 Å². The number of azo groups is 1. The van der Waals surface area contributed by atoms with Gasteiger partial charge >= 0.3 is 10.1 Å². The van der Waals surface area contributed by atoms with Crippen molar-refractivity contribution in [1.29, 1.82) is 0 Å². The van der Waals surface area contributed by atoms with Crippen molar-refractivity contribution in [2.75, 3.05) is 12.4 Å². The number of hydrogen-bond donors (Lipinski definition) is 9. The number of fused-ring (bicyclic) bond motifs is 2. The maximum absolute atomic E-state index is 13.3. The molecule has 0 atom stereocenters. The predicted molar refractivity (Wildman–Crippen MR) is 268 cm³/mol. The lowest BCUT2D eigenvalue weighted by atomic mass is 10.1. The number of aromatic amines is 2. The number of aromatic hydroxyl groups is 1. The summed E-state index contributed by atoms with van der Waals surface area (Å²) in [5.41, 5.74) is -2.66. The zero-order chi connectivity index (χ0) is 56.2. The van der Waals surface area contributed by atoms with Crippen molar-refractivity contribution >= 4 is 117 Å². The normalized spacial score (nSPS) is 13.4. The first-order chi connectivity index (χ1) is 35.8. The first-order valence-electron chi connectivity index (χ1n) is 20.8. The third kappa shape index (κ3) is 12.3. The number of hydrogen-bond acceptors (Lipinski definition) is 21. The summed E-state index contributed by atoms with van der Waals surface area (Å²) in [7, 11) is -29.2. The molecule has 0 saturated carbocycles. The fourth-order valence-electron chi connectivity index (χ4n) is 7.19. The Labute approximate surface area is 434 Å². The number of anilines is 2. The maximum Gasteiger partial charge on any atom is 0.339 e. The average molecular weight is 1180 g/mol. The van der Waals surface area contributed by atoms with Crippen LogP contribution in [0.1, 0.15) is 5.56 Å². The molecule has 0 radical (unpaired) electrons. The van der Waals surface area contributed by atoms with Crippen molar-refractivity contribution in [1.82, 2.24) is 15.0 Å². The monoisotopic (exact) mass is 1170 g/mol. The Balaban J connectivity index is 1.31. The molecule has 1 aromatic heterocycles. The zero-order valence-electron chi connectivity index (χ0n) is 38.6. The van der Waals surface area contributed by atoms with Crippen LogP contribution in [0, 0.1) is 6.92 Å². The van der Waals surface area contributed by atoms with Crippen LogP contribution >= 0.6 is 0 Å². The van der Waals surface area contributed by atoms with E-state index in [0.29, 0.717) is 6.07 Å². The summed E-state index contributed by atoms with van der Waals surface area (Å²) in [4.78, 5) is 13.1. The number of nitrogens with zero attached hydrogens (tertiary/aromatic N) is 5. The topological polar surface area (TPSA) is 451 Å². The minimum absolute atomic E-state index is 0.0141. The van der Waals surface area contributed by atoms with Crippen molar-refractivity contribution < 1.29 is 87.3 Å². The predicted octanol–water partition coefficient (Wildman–Crippen LogP) is 5.69. The molecule has 0 amide bonds. The number of ether oxygens (including phenoxy) is 1. The van der Waals surface area contributed by atoms with Crippen LogP contribution in [0.2, 0.25) is 0 Å². The van der Waals surface area contributed by atoms with E-state index in [1.165, 1.54) is 54.6 Å². The summed E-state index contributed by atoms with van der Waals surface area (Å²) in [5.74, 6) is -2.24. The molecule has 0 bridgehead atoms. The van der Waals surface area contributed by atoms with Gasteiger partial charge in [-0.1, -0.05) is 23.8 Å². The van der Waals surface area contributed by atoms with Crippen LogP contribution in [0.4, 0.5) is 34.4 Å². The van der Waals surface area contributed by atoms with Gasteiger partial charge in [-0.2, -0.15) is 55.5 Å². The Hall–Kier alpha value is -8.03. The summed E-state index contributed by atoms with van der Waals surface area (Å²) >= 11 is 0. The number of benzene rings is 7. The van der Waals surface area contributed by atoms with E-state index in [9.17, 15) is 78.4 Å². The maximum atomic E-state index is 13.3. The minimum Gasteiger partial charge on any atom is -0.505 e. The summed E-state index contributed by atoms with van der Waals surface area (Å²) < 4.78 is 212. The van der Waals surface area contributed by atoms with Crippen LogP contribution in [0.15, 0.2) is 165 Å². The number of methoxy groups -OCH3 is 1. The number of nitrogens with one attached hydrogen (secondary N) is 3. The first-order valence-corrected chi connectivity index (χ1v) is 29.5. The number of phenolic OH excluding ortho intramolecular Hbond substituents is 1. The Bertz CT molecular complexity index is 4690. The fourth-order valence-corrected chi connectivity index (χ4v) is 11.2. The van der Waals surface area contributed by atoms with E-state index in [2.05, 4.69) is 40.5 Å². The van der Waals surface area contributed by atoms with Crippen LogP contribution in [-0.2, 0) is 60.7 Å². The number of H-pyrrole nitrogens is 2. The second-order valence-electron chi connectivity index (χ2n) is 15.9. The molecule has 8 rings (SSSR count). The molecule has 0 fully saturated rings. The number of phenols is 1. The van der Waals surface area contributed by atoms with Gasteiger partial charge in [-0.3, -0.25) is 32.7 Å². The average Bonchev–Trinajstić information content (AvgIpc) is 3.35. The molecule has 77 heavy (non-hydrogen) atoms. The van der Waals surface area contributed by atoms with E-state index in [0.717, 1.165) is 67.3 Å². The molecule has 1 heterocycles. The van der Waals surface area contributed by atoms with Gasteiger partial charge in [-0.15, -0.1) is 10.2 Å². The molecule has 402 valence electrons. The Morgan fingerprint density at radius 3 is 1.84 bits per heavy atom. The molecule has 0 aliphatic rings. The molecule has 9 N–H and O–H groups in total. The molecule has 0 aliphatic carbocycles. The highest BCUT2D eigenvalue weighted by Gasteiger charge is 2.29. The smallest absolute Gasteiger partial charge is 0.339 e. The Morgan fingerprint density at radius 1 is 0.558 bits per heavy atom. The molecule has 34 heteroatoms. The third-order valence-corrected chi connectivity index (χ3v) is 16.2. The quantitative estimate of drug-likeness (QED) is 0.0338.